The number of rotatable bonds is 6. The van der Waals surface area contributed by atoms with E-state index in [1.54, 1.807) is 13.1 Å². The SMILES string of the molecule is Cc1noc(-c2ccc(SCC(=O)N[C@H](C)c3ccccc3)nc2)n1. The Morgan fingerprint density at radius 3 is 2.68 bits per heavy atom. The molecule has 3 aromatic rings. The zero-order chi connectivity index (χ0) is 17.6. The van der Waals surface area contributed by atoms with Crippen molar-refractivity contribution in [1.29, 1.82) is 0 Å². The predicted octanol–water partition coefficient (Wildman–Crippen LogP) is 3.41. The normalized spacial score (nSPS) is 11.9. The van der Waals surface area contributed by atoms with E-state index in [4.69, 9.17) is 4.52 Å². The lowest BCUT2D eigenvalue weighted by Crippen LogP contribution is -2.28. The van der Waals surface area contributed by atoms with Crippen LogP contribution in [0.4, 0.5) is 0 Å². The molecule has 6 nitrogen and oxygen atoms in total. The van der Waals surface area contributed by atoms with Gasteiger partial charge in [-0.3, -0.25) is 4.79 Å². The molecule has 1 N–H and O–H groups in total. The molecular formula is C18H18N4O2S. The number of amides is 1. The Morgan fingerprint density at radius 2 is 2.04 bits per heavy atom. The number of pyridine rings is 1. The maximum atomic E-state index is 12.1. The monoisotopic (exact) mass is 354 g/mol. The summed E-state index contributed by atoms with van der Waals surface area (Å²) in [5.74, 6) is 1.30. The molecule has 25 heavy (non-hydrogen) atoms. The fourth-order valence-corrected chi connectivity index (χ4v) is 2.91. The molecule has 0 saturated carbocycles. The molecule has 0 aliphatic rings. The lowest BCUT2D eigenvalue weighted by molar-refractivity contribution is -0.119. The summed E-state index contributed by atoms with van der Waals surface area (Å²) in [6.45, 7) is 3.73. The van der Waals surface area contributed by atoms with Crippen LogP contribution in [0.1, 0.15) is 24.4 Å². The van der Waals surface area contributed by atoms with Crippen LogP contribution in [-0.2, 0) is 4.79 Å². The van der Waals surface area contributed by atoms with Crippen LogP contribution in [0.5, 0.6) is 0 Å². The van der Waals surface area contributed by atoms with Crippen molar-refractivity contribution in [2.75, 3.05) is 5.75 Å². The van der Waals surface area contributed by atoms with Crippen molar-refractivity contribution in [2.24, 2.45) is 0 Å². The Morgan fingerprint density at radius 1 is 1.24 bits per heavy atom. The van der Waals surface area contributed by atoms with Gasteiger partial charge >= 0.3 is 0 Å². The minimum absolute atomic E-state index is 0.0228. The van der Waals surface area contributed by atoms with Gasteiger partial charge in [-0.25, -0.2) is 4.98 Å². The van der Waals surface area contributed by atoms with Gasteiger partial charge in [0.1, 0.15) is 0 Å². The highest BCUT2D eigenvalue weighted by molar-refractivity contribution is 7.99. The number of hydrogen-bond donors (Lipinski definition) is 1. The maximum absolute atomic E-state index is 12.1. The lowest BCUT2D eigenvalue weighted by Gasteiger charge is -2.13. The molecule has 2 aromatic heterocycles. The molecule has 0 radical (unpaired) electrons. The number of carbonyl (C=O) groups is 1. The van der Waals surface area contributed by atoms with Gasteiger partial charge in [0.2, 0.25) is 5.91 Å². The molecule has 1 amide bonds. The van der Waals surface area contributed by atoms with Gasteiger partial charge in [-0.05, 0) is 31.5 Å². The third-order valence-electron chi connectivity index (χ3n) is 3.54. The summed E-state index contributed by atoms with van der Waals surface area (Å²) in [4.78, 5) is 20.6. The molecule has 2 heterocycles. The number of nitrogens with one attached hydrogen (secondary N) is 1. The molecule has 1 aromatic carbocycles. The van der Waals surface area contributed by atoms with Gasteiger partial charge < -0.3 is 9.84 Å². The van der Waals surface area contributed by atoms with Crippen molar-refractivity contribution in [1.82, 2.24) is 20.4 Å². The maximum Gasteiger partial charge on any atom is 0.259 e. The number of aromatic nitrogens is 3. The van der Waals surface area contributed by atoms with Gasteiger partial charge in [0.25, 0.3) is 5.89 Å². The second-order valence-electron chi connectivity index (χ2n) is 5.52. The van der Waals surface area contributed by atoms with Gasteiger partial charge in [-0.2, -0.15) is 4.98 Å². The van der Waals surface area contributed by atoms with E-state index in [-0.39, 0.29) is 11.9 Å². The van der Waals surface area contributed by atoms with Crippen molar-refractivity contribution in [3.8, 4) is 11.5 Å². The van der Waals surface area contributed by atoms with Crippen LogP contribution < -0.4 is 5.32 Å². The van der Waals surface area contributed by atoms with Crippen LogP contribution in [0, 0.1) is 6.92 Å². The van der Waals surface area contributed by atoms with E-state index in [0.717, 1.165) is 16.2 Å². The molecule has 0 saturated heterocycles. The number of nitrogens with zero attached hydrogens (tertiary/aromatic N) is 3. The van der Waals surface area contributed by atoms with E-state index < -0.39 is 0 Å². The predicted molar refractivity (Wildman–Crippen MR) is 96.0 cm³/mol. The van der Waals surface area contributed by atoms with E-state index in [2.05, 4.69) is 20.4 Å². The Kier molecular flexibility index (Phi) is 5.45. The first-order chi connectivity index (χ1) is 12.1. The highest BCUT2D eigenvalue weighted by atomic mass is 32.2. The van der Waals surface area contributed by atoms with E-state index >= 15 is 0 Å². The van der Waals surface area contributed by atoms with E-state index in [9.17, 15) is 4.79 Å². The van der Waals surface area contributed by atoms with Crippen LogP contribution >= 0.6 is 11.8 Å². The second-order valence-corrected chi connectivity index (χ2v) is 6.52. The van der Waals surface area contributed by atoms with Crippen molar-refractivity contribution >= 4 is 17.7 Å². The third kappa shape index (κ3) is 4.67. The largest absolute Gasteiger partial charge is 0.349 e. The van der Waals surface area contributed by atoms with E-state index in [1.165, 1.54) is 11.8 Å². The fraction of sp³-hybridized carbons (Fsp3) is 0.222. The topological polar surface area (TPSA) is 80.9 Å². The minimum Gasteiger partial charge on any atom is -0.349 e. The molecule has 3 rings (SSSR count). The summed E-state index contributed by atoms with van der Waals surface area (Å²) in [5, 5.41) is 7.51. The smallest absolute Gasteiger partial charge is 0.259 e. The molecule has 0 bridgehead atoms. The molecule has 1 atom stereocenters. The molecule has 0 aliphatic carbocycles. The first-order valence-electron chi connectivity index (χ1n) is 7.85. The summed E-state index contributed by atoms with van der Waals surface area (Å²) in [7, 11) is 0. The molecule has 0 spiro atoms. The first-order valence-corrected chi connectivity index (χ1v) is 8.84. The number of aryl methyl sites for hydroxylation is 1. The van der Waals surface area contributed by atoms with Gasteiger partial charge in [0.05, 0.1) is 22.4 Å². The zero-order valence-corrected chi connectivity index (χ0v) is 14.8. The third-order valence-corrected chi connectivity index (χ3v) is 4.48. The summed E-state index contributed by atoms with van der Waals surface area (Å²) >= 11 is 1.39. The van der Waals surface area contributed by atoms with Crippen LogP contribution in [-0.4, -0.2) is 26.8 Å². The fourth-order valence-electron chi connectivity index (χ4n) is 2.25. The van der Waals surface area contributed by atoms with Gasteiger partial charge in [-0.15, -0.1) is 0 Å². The highest BCUT2D eigenvalue weighted by Gasteiger charge is 2.11. The Labute approximate surface area is 150 Å². The first kappa shape index (κ1) is 17.2. The van der Waals surface area contributed by atoms with Crippen molar-refractivity contribution < 1.29 is 9.32 Å². The Hall–Kier alpha value is -2.67. The molecule has 7 heteroatoms. The average molecular weight is 354 g/mol. The van der Waals surface area contributed by atoms with E-state index in [0.29, 0.717) is 17.5 Å². The number of hydrogen-bond acceptors (Lipinski definition) is 6. The molecule has 128 valence electrons. The summed E-state index contributed by atoms with van der Waals surface area (Å²) in [6, 6.07) is 13.5. The van der Waals surface area contributed by atoms with Crippen LogP contribution in [0.3, 0.4) is 0 Å². The minimum atomic E-state index is -0.0280. The quantitative estimate of drug-likeness (QED) is 0.683. The lowest BCUT2D eigenvalue weighted by atomic mass is 10.1. The summed E-state index contributed by atoms with van der Waals surface area (Å²) < 4.78 is 5.10. The molecule has 0 unspecified atom stereocenters. The van der Waals surface area contributed by atoms with Crippen LogP contribution in [0.15, 0.2) is 58.2 Å². The Bertz CT molecular complexity index is 834. The number of thioether (sulfide) groups is 1. The number of carbonyl (C=O) groups excluding carboxylic acids is 1. The van der Waals surface area contributed by atoms with Crippen molar-refractivity contribution in [2.45, 2.75) is 24.9 Å². The van der Waals surface area contributed by atoms with Gasteiger partial charge in [-0.1, -0.05) is 47.3 Å². The van der Waals surface area contributed by atoms with Gasteiger partial charge in [0.15, 0.2) is 5.82 Å². The number of benzene rings is 1. The standard InChI is InChI=1S/C18H18N4O2S/c1-12(14-6-4-3-5-7-14)20-16(23)11-25-17-9-8-15(10-19-17)18-21-13(2)22-24-18/h3-10,12H,11H2,1-2H3,(H,20,23)/t12-/m1/s1. The van der Waals surface area contributed by atoms with E-state index in [1.807, 2.05) is 49.4 Å². The molecule has 0 fully saturated rings. The Balaban J connectivity index is 1.52. The zero-order valence-electron chi connectivity index (χ0n) is 14.0. The van der Waals surface area contributed by atoms with Crippen LogP contribution in [0.25, 0.3) is 11.5 Å². The van der Waals surface area contributed by atoms with Crippen molar-refractivity contribution in [3.05, 3.63) is 60.0 Å². The molecule has 0 aliphatic heterocycles. The average Bonchev–Trinajstić information content (AvgIpc) is 3.07. The highest BCUT2D eigenvalue weighted by Crippen LogP contribution is 2.21. The molecular weight excluding hydrogens is 336 g/mol. The van der Waals surface area contributed by atoms with Crippen molar-refractivity contribution in [3.63, 3.8) is 0 Å². The summed E-state index contributed by atoms with van der Waals surface area (Å²) in [5.41, 5.74) is 1.84. The second kappa shape index (κ2) is 7.94. The van der Waals surface area contributed by atoms with Crippen LogP contribution in [0.2, 0.25) is 0 Å². The van der Waals surface area contributed by atoms with Gasteiger partial charge in [0, 0.05) is 6.20 Å². The summed E-state index contributed by atoms with van der Waals surface area (Å²) in [6.07, 6.45) is 1.67.